The van der Waals surface area contributed by atoms with Crippen LogP contribution in [-0.4, -0.2) is 41.7 Å². The van der Waals surface area contributed by atoms with E-state index in [2.05, 4.69) is 10.2 Å². The van der Waals surface area contributed by atoms with Crippen molar-refractivity contribution in [2.45, 2.75) is 32.3 Å². The molecule has 0 aromatic heterocycles. The highest BCUT2D eigenvalue weighted by Crippen LogP contribution is 2.17. The molecule has 120 valence electrons. The fourth-order valence-corrected chi connectivity index (χ4v) is 2.57. The van der Waals surface area contributed by atoms with Crippen LogP contribution in [0, 0.1) is 10.1 Å². The van der Waals surface area contributed by atoms with Crippen molar-refractivity contribution >= 4 is 17.5 Å². The van der Waals surface area contributed by atoms with E-state index in [4.69, 9.17) is 4.74 Å². The van der Waals surface area contributed by atoms with E-state index in [0.29, 0.717) is 12.2 Å². The summed E-state index contributed by atoms with van der Waals surface area (Å²) in [6, 6.07) is 5.78. The Morgan fingerprint density at radius 1 is 1.41 bits per heavy atom. The summed E-state index contributed by atoms with van der Waals surface area (Å²) < 4.78 is 5.30. The Bertz CT molecular complexity index is 529. The second-order valence-electron chi connectivity index (χ2n) is 5.51. The maximum atomic E-state index is 11.8. The number of nitro benzene ring substituents is 1. The average molecular weight is 307 g/mol. The SMILES string of the molecule is CC(CN1CCCCC1)OC(=O)Nc1cccc([N+](=O)[O-])c1. The van der Waals surface area contributed by atoms with Gasteiger partial charge in [-0.15, -0.1) is 0 Å². The molecule has 0 aliphatic carbocycles. The summed E-state index contributed by atoms with van der Waals surface area (Å²) in [4.78, 5) is 24.3. The first kappa shape index (κ1) is 16.2. The first-order valence-corrected chi connectivity index (χ1v) is 7.49. The van der Waals surface area contributed by atoms with Gasteiger partial charge in [0.25, 0.3) is 5.69 Å². The number of nitrogens with one attached hydrogen (secondary N) is 1. The number of amides is 1. The predicted octanol–water partition coefficient (Wildman–Crippen LogP) is 3.02. The lowest BCUT2D eigenvalue weighted by Gasteiger charge is -2.28. The van der Waals surface area contributed by atoms with Gasteiger partial charge in [0, 0.05) is 18.7 Å². The fraction of sp³-hybridized carbons (Fsp3) is 0.533. The molecule has 22 heavy (non-hydrogen) atoms. The standard InChI is InChI=1S/C15H21N3O4/c1-12(11-17-8-3-2-4-9-17)22-15(19)16-13-6-5-7-14(10-13)18(20)21/h5-7,10,12H,2-4,8-9,11H2,1H3,(H,16,19). The van der Waals surface area contributed by atoms with Crippen LogP contribution in [0.2, 0.25) is 0 Å². The number of non-ortho nitro benzene ring substituents is 1. The van der Waals surface area contributed by atoms with Crippen LogP contribution in [0.4, 0.5) is 16.2 Å². The molecule has 1 atom stereocenters. The minimum absolute atomic E-state index is 0.0702. The number of hydrogen-bond acceptors (Lipinski definition) is 5. The zero-order chi connectivity index (χ0) is 15.9. The van der Waals surface area contributed by atoms with Gasteiger partial charge in [0.05, 0.1) is 10.6 Å². The third-order valence-electron chi connectivity index (χ3n) is 3.58. The maximum absolute atomic E-state index is 11.8. The van der Waals surface area contributed by atoms with Gasteiger partial charge in [-0.1, -0.05) is 12.5 Å². The van der Waals surface area contributed by atoms with Crippen LogP contribution in [0.5, 0.6) is 0 Å². The van der Waals surface area contributed by atoms with E-state index in [1.54, 1.807) is 6.07 Å². The minimum Gasteiger partial charge on any atom is -0.445 e. The molecule has 0 radical (unpaired) electrons. The Balaban J connectivity index is 1.81. The van der Waals surface area contributed by atoms with Crippen molar-refractivity contribution < 1.29 is 14.5 Å². The normalized spacial score (nSPS) is 16.8. The second-order valence-corrected chi connectivity index (χ2v) is 5.51. The second kappa shape index (κ2) is 7.74. The summed E-state index contributed by atoms with van der Waals surface area (Å²) >= 11 is 0. The predicted molar refractivity (Wildman–Crippen MR) is 83.0 cm³/mol. The molecular formula is C15H21N3O4. The van der Waals surface area contributed by atoms with Crippen molar-refractivity contribution in [1.82, 2.24) is 4.90 Å². The number of hydrogen-bond donors (Lipinski definition) is 1. The van der Waals surface area contributed by atoms with Crippen molar-refractivity contribution in [2.75, 3.05) is 25.0 Å². The lowest BCUT2D eigenvalue weighted by molar-refractivity contribution is -0.384. The maximum Gasteiger partial charge on any atom is 0.411 e. The summed E-state index contributed by atoms with van der Waals surface area (Å²) in [5, 5.41) is 13.2. The van der Waals surface area contributed by atoms with Gasteiger partial charge in [0.1, 0.15) is 6.10 Å². The Kier molecular flexibility index (Phi) is 5.71. The molecule has 1 aliphatic rings. The number of nitrogens with zero attached hydrogens (tertiary/aromatic N) is 2. The fourth-order valence-electron chi connectivity index (χ4n) is 2.57. The quantitative estimate of drug-likeness (QED) is 0.667. The Morgan fingerprint density at radius 3 is 2.82 bits per heavy atom. The van der Waals surface area contributed by atoms with Crippen LogP contribution in [0.3, 0.4) is 0 Å². The van der Waals surface area contributed by atoms with E-state index in [0.717, 1.165) is 13.1 Å². The molecule has 2 rings (SSSR count). The van der Waals surface area contributed by atoms with Crippen LogP contribution in [-0.2, 0) is 4.74 Å². The Labute approximate surface area is 129 Å². The van der Waals surface area contributed by atoms with Gasteiger partial charge >= 0.3 is 6.09 Å². The lowest BCUT2D eigenvalue weighted by Crippen LogP contribution is -2.37. The summed E-state index contributed by atoms with van der Waals surface area (Å²) in [5.74, 6) is 0. The molecule has 1 unspecified atom stereocenters. The van der Waals surface area contributed by atoms with Crippen LogP contribution in [0.25, 0.3) is 0 Å². The molecule has 1 aliphatic heterocycles. The van der Waals surface area contributed by atoms with Gasteiger partial charge in [0.2, 0.25) is 0 Å². The monoisotopic (exact) mass is 307 g/mol. The number of carbonyl (C=O) groups is 1. The number of rotatable bonds is 5. The molecule has 1 saturated heterocycles. The van der Waals surface area contributed by atoms with Crippen molar-refractivity contribution in [3.05, 3.63) is 34.4 Å². The average Bonchev–Trinajstić information content (AvgIpc) is 2.48. The third kappa shape index (κ3) is 5.00. The van der Waals surface area contributed by atoms with E-state index in [9.17, 15) is 14.9 Å². The topological polar surface area (TPSA) is 84.7 Å². The number of ether oxygens (including phenoxy) is 1. The van der Waals surface area contributed by atoms with E-state index >= 15 is 0 Å². The molecule has 0 bridgehead atoms. The van der Waals surface area contributed by atoms with E-state index in [1.807, 2.05) is 6.92 Å². The first-order chi connectivity index (χ1) is 10.5. The van der Waals surface area contributed by atoms with Gasteiger partial charge in [-0.05, 0) is 38.9 Å². The molecule has 0 saturated carbocycles. The van der Waals surface area contributed by atoms with Gasteiger partial charge in [-0.2, -0.15) is 0 Å². The Morgan fingerprint density at radius 2 is 2.14 bits per heavy atom. The van der Waals surface area contributed by atoms with Crippen LogP contribution in [0.1, 0.15) is 26.2 Å². The molecule has 0 spiro atoms. The lowest BCUT2D eigenvalue weighted by atomic mass is 10.1. The molecule has 1 N–H and O–H groups in total. The number of benzene rings is 1. The molecule has 1 aromatic rings. The number of anilines is 1. The van der Waals surface area contributed by atoms with Crippen molar-refractivity contribution in [3.8, 4) is 0 Å². The number of piperidine rings is 1. The summed E-state index contributed by atoms with van der Waals surface area (Å²) in [5.41, 5.74) is 0.281. The molecule has 1 fully saturated rings. The van der Waals surface area contributed by atoms with Gasteiger partial charge in [0.15, 0.2) is 0 Å². The van der Waals surface area contributed by atoms with Gasteiger partial charge in [-0.25, -0.2) is 4.79 Å². The van der Waals surface area contributed by atoms with Crippen molar-refractivity contribution in [2.24, 2.45) is 0 Å². The molecular weight excluding hydrogens is 286 g/mol. The van der Waals surface area contributed by atoms with Crippen LogP contribution in [0.15, 0.2) is 24.3 Å². The molecule has 7 nitrogen and oxygen atoms in total. The highest BCUT2D eigenvalue weighted by molar-refractivity contribution is 5.85. The third-order valence-corrected chi connectivity index (χ3v) is 3.58. The molecule has 7 heteroatoms. The number of carbonyl (C=O) groups excluding carboxylic acids is 1. The number of likely N-dealkylation sites (tertiary alicyclic amines) is 1. The zero-order valence-corrected chi connectivity index (χ0v) is 12.7. The largest absolute Gasteiger partial charge is 0.445 e. The van der Waals surface area contributed by atoms with Crippen molar-refractivity contribution in [1.29, 1.82) is 0 Å². The summed E-state index contributed by atoms with van der Waals surface area (Å²) in [7, 11) is 0. The molecule has 1 aromatic carbocycles. The highest BCUT2D eigenvalue weighted by atomic mass is 16.6. The van der Waals surface area contributed by atoms with Gasteiger partial charge in [-0.3, -0.25) is 20.3 Å². The van der Waals surface area contributed by atoms with E-state index in [-0.39, 0.29) is 11.8 Å². The number of nitro groups is 1. The zero-order valence-electron chi connectivity index (χ0n) is 12.7. The Hall–Kier alpha value is -2.15. The highest BCUT2D eigenvalue weighted by Gasteiger charge is 2.16. The molecule has 1 heterocycles. The van der Waals surface area contributed by atoms with E-state index in [1.165, 1.54) is 37.5 Å². The first-order valence-electron chi connectivity index (χ1n) is 7.49. The summed E-state index contributed by atoms with van der Waals surface area (Å²) in [6.45, 7) is 4.64. The van der Waals surface area contributed by atoms with Crippen molar-refractivity contribution in [3.63, 3.8) is 0 Å². The van der Waals surface area contributed by atoms with Crippen LogP contribution >= 0.6 is 0 Å². The van der Waals surface area contributed by atoms with E-state index < -0.39 is 11.0 Å². The summed E-state index contributed by atoms with van der Waals surface area (Å²) in [6.07, 6.45) is 2.82. The molecule has 1 amide bonds. The van der Waals surface area contributed by atoms with Gasteiger partial charge < -0.3 is 4.74 Å². The minimum atomic E-state index is -0.593. The smallest absolute Gasteiger partial charge is 0.411 e. The van der Waals surface area contributed by atoms with Crippen LogP contribution < -0.4 is 5.32 Å².